The summed E-state index contributed by atoms with van der Waals surface area (Å²) in [5.74, 6) is -0.139. The first kappa shape index (κ1) is 13.6. The van der Waals surface area contributed by atoms with E-state index in [2.05, 4.69) is 38.9 Å². The number of thiazole rings is 1. The summed E-state index contributed by atoms with van der Waals surface area (Å²) < 4.78 is 0.902. The minimum Gasteiger partial charge on any atom is -0.345 e. The lowest BCUT2D eigenvalue weighted by molar-refractivity contribution is 0.0948. The first-order valence-electron chi connectivity index (χ1n) is 5.24. The molecule has 1 aromatic carbocycles. The quantitative estimate of drug-likeness (QED) is 0.839. The lowest BCUT2D eigenvalue weighted by Crippen LogP contribution is -2.23. The lowest BCUT2D eigenvalue weighted by atomic mass is 10.2. The van der Waals surface area contributed by atoms with Gasteiger partial charge in [0.2, 0.25) is 0 Å². The van der Waals surface area contributed by atoms with E-state index in [1.54, 1.807) is 29.7 Å². The highest BCUT2D eigenvalue weighted by Crippen LogP contribution is 2.20. The van der Waals surface area contributed by atoms with Crippen LogP contribution in [-0.4, -0.2) is 10.9 Å². The third-order valence-electron chi connectivity index (χ3n) is 2.27. The van der Waals surface area contributed by atoms with E-state index < -0.39 is 0 Å². The van der Waals surface area contributed by atoms with Crippen LogP contribution in [0.1, 0.15) is 20.2 Å². The molecule has 0 saturated carbocycles. The maximum absolute atomic E-state index is 12.0. The van der Waals surface area contributed by atoms with Gasteiger partial charge in [0, 0.05) is 20.4 Å². The third kappa shape index (κ3) is 3.34. The van der Waals surface area contributed by atoms with Gasteiger partial charge in [-0.1, -0.05) is 15.9 Å². The summed E-state index contributed by atoms with van der Waals surface area (Å²) in [4.78, 5) is 17.9. The molecule has 0 bridgehead atoms. The van der Waals surface area contributed by atoms with E-state index in [9.17, 15) is 4.79 Å². The molecule has 0 radical (unpaired) electrons. The Morgan fingerprint density at radius 2 is 2.33 bits per heavy atom. The zero-order valence-electron chi connectivity index (χ0n) is 9.61. The van der Waals surface area contributed by atoms with Crippen molar-refractivity contribution < 1.29 is 4.79 Å². The maximum atomic E-state index is 12.0. The normalized spacial score (nSPS) is 10.4. The minimum absolute atomic E-state index is 0.139. The average Bonchev–Trinajstić information content (AvgIpc) is 2.72. The Bertz CT molecular complexity index is 583. The Morgan fingerprint density at radius 3 is 2.94 bits per heavy atom. The summed E-state index contributed by atoms with van der Waals surface area (Å²) in [7, 11) is 0. The largest absolute Gasteiger partial charge is 0.345 e. The Balaban J connectivity index is 2.03. The summed E-state index contributed by atoms with van der Waals surface area (Å²) >= 11 is 9.20. The van der Waals surface area contributed by atoms with E-state index in [1.807, 2.05) is 13.0 Å². The van der Waals surface area contributed by atoms with Gasteiger partial charge in [0.25, 0.3) is 5.91 Å². The summed E-state index contributed by atoms with van der Waals surface area (Å²) in [6.07, 6.45) is 1.80. The molecule has 0 saturated heterocycles. The van der Waals surface area contributed by atoms with Gasteiger partial charge in [0.15, 0.2) is 0 Å². The Morgan fingerprint density at radius 1 is 1.56 bits per heavy atom. The predicted molar refractivity (Wildman–Crippen MR) is 79.4 cm³/mol. The number of benzene rings is 1. The van der Waals surface area contributed by atoms with Crippen LogP contribution in [0.15, 0.2) is 33.8 Å². The van der Waals surface area contributed by atoms with Gasteiger partial charge >= 0.3 is 0 Å². The van der Waals surface area contributed by atoms with E-state index in [1.165, 1.54) is 0 Å². The summed E-state index contributed by atoms with van der Waals surface area (Å²) in [5, 5.41) is 3.74. The molecule has 0 fully saturated rings. The second kappa shape index (κ2) is 5.86. The van der Waals surface area contributed by atoms with Crippen molar-refractivity contribution in [1.82, 2.24) is 10.3 Å². The summed E-state index contributed by atoms with van der Waals surface area (Å²) in [6.45, 7) is 2.43. The van der Waals surface area contributed by atoms with Crippen LogP contribution < -0.4 is 5.32 Å². The first-order valence-corrected chi connectivity index (χ1v) is 7.30. The van der Waals surface area contributed by atoms with Crippen molar-refractivity contribution in [1.29, 1.82) is 0 Å². The molecule has 0 spiro atoms. The van der Waals surface area contributed by atoms with Gasteiger partial charge in [0.1, 0.15) is 5.01 Å². The van der Waals surface area contributed by atoms with Crippen molar-refractivity contribution >= 4 is 45.8 Å². The molecule has 0 aliphatic carbocycles. The number of thiol groups is 1. The smallest absolute Gasteiger partial charge is 0.252 e. The Kier molecular flexibility index (Phi) is 4.42. The number of nitrogens with zero attached hydrogens (tertiary/aromatic N) is 1. The van der Waals surface area contributed by atoms with Gasteiger partial charge in [-0.3, -0.25) is 4.79 Å². The topological polar surface area (TPSA) is 42.0 Å². The Hall–Kier alpha value is -0.850. The van der Waals surface area contributed by atoms with Crippen LogP contribution in [0, 0.1) is 6.92 Å². The second-order valence-corrected chi connectivity index (χ2v) is 6.43. The number of aromatic nitrogens is 1. The highest BCUT2D eigenvalue weighted by atomic mass is 79.9. The summed E-state index contributed by atoms with van der Waals surface area (Å²) in [5.41, 5.74) is 0.565. The van der Waals surface area contributed by atoms with Crippen LogP contribution in [0.3, 0.4) is 0 Å². The SMILES string of the molecule is Cc1cnc(CNC(=O)c2ccc(Br)cc2S)s1. The summed E-state index contributed by atoms with van der Waals surface area (Å²) in [6, 6.07) is 5.36. The molecule has 2 rings (SSSR count). The minimum atomic E-state index is -0.139. The highest BCUT2D eigenvalue weighted by Gasteiger charge is 2.10. The van der Waals surface area contributed by atoms with Crippen LogP contribution in [0.4, 0.5) is 0 Å². The number of hydrogen-bond donors (Lipinski definition) is 2. The molecule has 1 N–H and O–H groups in total. The lowest BCUT2D eigenvalue weighted by Gasteiger charge is -2.06. The molecule has 94 valence electrons. The van der Waals surface area contributed by atoms with Crippen molar-refractivity contribution in [2.45, 2.75) is 18.4 Å². The van der Waals surface area contributed by atoms with Crippen LogP contribution in [0.2, 0.25) is 0 Å². The molecule has 2 aromatic rings. The molecule has 0 aliphatic rings. The molecular formula is C12H11BrN2OS2. The van der Waals surface area contributed by atoms with Gasteiger partial charge in [0.05, 0.1) is 12.1 Å². The number of hydrogen-bond acceptors (Lipinski definition) is 4. The fraction of sp³-hybridized carbons (Fsp3) is 0.167. The number of halogens is 1. The van der Waals surface area contributed by atoms with Crippen LogP contribution >= 0.6 is 39.9 Å². The van der Waals surface area contributed by atoms with Gasteiger partial charge in [-0.25, -0.2) is 4.98 Å². The van der Waals surface area contributed by atoms with Gasteiger partial charge in [-0.15, -0.1) is 24.0 Å². The molecule has 1 heterocycles. The monoisotopic (exact) mass is 342 g/mol. The molecular weight excluding hydrogens is 332 g/mol. The molecule has 1 amide bonds. The number of rotatable bonds is 3. The average molecular weight is 343 g/mol. The highest BCUT2D eigenvalue weighted by molar-refractivity contribution is 9.10. The van der Waals surface area contributed by atoms with Crippen LogP contribution in [0.25, 0.3) is 0 Å². The first-order chi connectivity index (χ1) is 8.56. The van der Waals surface area contributed by atoms with Gasteiger partial charge < -0.3 is 5.32 Å². The van der Waals surface area contributed by atoms with E-state index in [0.29, 0.717) is 17.0 Å². The van der Waals surface area contributed by atoms with Gasteiger partial charge in [-0.2, -0.15) is 0 Å². The number of nitrogens with one attached hydrogen (secondary N) is 1. The zero-order chi connectivity index (χ0) is 13.1. The van der Waals surface area contributed by atoms with Crippen molar-refractivity contribution in [2.75, 3.05) is 0 Å². The number of carbonyl (C=O) groups excluding carboxylic acids is 1. The van der Waals surface area contributed by atoms with E-state index in [0.717, 1.165) is 14.4 Å². The molecule has 6 heteroatoms. The van der Waals surface area contributed by atoms with Crippen molar-refractivity contribution in [3.05, 3.63) is 44.3 Å². The van der Waals surface area contributed by atoms with Crippen molar-refractivity contribution in [3.8, 4) is 0 Å². The van der Waals surface area contributed by atoms with Gasteiger partial charge in [-0.05, 0) is 25.1 Å². The van der Waals surface area contributed by atoms with E-state index in [-0.39, 0.29) is 5.91 Å². The predicted octanol–water partition coefficient (Wildman–Crippen LogP) is 3.43. The van der Waals surface area contributed by atoms with Crippen LogP contribution in [0.5, 0.6) is 0 Å². The zero-order valence-corrected chi connectivity index (χ0v) is 12.9. The number of carbonyl (C=O) groups is 1. The molecule has 18 heavy (non-hydrogen) atoms. The van der Waals surface area contributed by atoms with Crippen molar-refractivity contribution in [3.63, 3.8) is 0 Å². The molecule has 1 aromatic heterocycles. The van der Waals surface area contributed by atoms with Crippen molar-refractivity contribution in [2.24, 2.45) is 0 Å². The third-order valence-corrected chi connectivity index (χ3v) is 4.05. The Labute approximate surface area is 123 Å². The molecule has 0 atom stereocenters. The standard InChI is InChI=1S/C12H11BrN2OS2/c1-7-5-14-11(18-7)6-15-12(16)9-3-2-8(13)4-10(9)17/h2-5,17H,6H2,1H3,(H,15,16). The maximum Gasteiger partial charge on any atom is 0.252 e. The fourth-order valence-electron chi connectivity index (χ4n) is 1.43. The molecule has 0 aliphatic heterocycles. The van der Waals surface area contributed by atoms with E-state index >= 15 is 0 Å². The fourth-order valence-corrected chi connectivity index (χ4v) is 3.01. The van der Waals surface area contributed by atoms with Crippen LogP contribution in [-0.2, 0) is 6.54 Å². The molecule has 0 unspecified atom stereocenters. The number of aryl methyl sites for hydroxylation is 1. The number of amides is 1. The molecule has 3 nitrogen and oxygen atoms in total. The second-order valence-electron chi connectivity index (χ2n) is 3.71. The van der Waals surface area contributed by atoms with E-state index in [4.69, 9.17) is 0 Å².